The number of amides is 2. The van der Waals surface area contributed by atoms with Crippen LogP contribution in [0.1, 0.15) is 5.69 Å². The molecule has 0 bridgehead atoms. The van der Waals surface area contributed by atoms with E-state index in [4.69, 9.17) is 0 Å². The number of aryl methyl sites for hydroxylation is 1. The van der Waals surface area contributed by atoms with Crippen LogP contribution in [-0.4, -0.2) is 56.0 Å². The van der Waals surface area contributed by atoms with Gasteiger partial charge >= 0.3 is 5.76 Å². The zero-order chi connectivity index (χ0) is 21.6. The summed E-state index contributed by atoms with van der Waals surface area (Å²) in [5.41, 5.74) is 0.479. The average molecular weight is 426 g/mol. The molecule has 0 saturated carbocycles. The lowest BCUT2D eigenvalue weighted by Gasteiger charge is -2.17. The lowest BCUT2D eigenvalue weighted by molar-refractivity contribution is -0.119. The third kappa shape index (κ3) is 6.29. The van der Waals surface area contributed by atoms with Gasteiger partial charge in [0.15, 0.2) is 0 Å². The molecule has 0 spiro atoms. The second-order valence-corrected chi connectivity index (χ2v) is 8.12. The fourth-order valence-corrected chi connectivity index (χ4v) is 3.33. The first-order valence-corrected chi connectivity index (χ1v) is 9.97. The molecule has 0 aliphatic heterocycles. The van der Waals surface area contributed by atoms with Crippen molar-refractivity contribution >= 4 is 33.2 Å². The Morgan fingerprint density at radius 2 is 1.66 bits per heavy atom. The second kappa shape index (κ2) is 9.52. The molecule has 156 valence electrons. The highest BCUT2D eigenvalue weighted by Gasteiger charge is 2.29. The van der Waals surface area contributed by atoms with Crippen molar-refractivity contribution in [2.45, 2.75) is 17.6 Å². The molecule has 0 radical (unpaired) electrons. The van der Waals surface area contributed by atoms with Crippen LogP contribution in [0, 0.1) is 6.92 Å². The highest BCUT2D eigenvalue weighted by Crippen LogP contribution is 2.26. The van der Waals surface area contributed by atoms with Gasteiger partial charge < -0.3 is 10.6 Å². The molecular formula is C18H20F2N4O4S. The molecule has 1 aromatic heterocycles. The maximum atomic E-state index is 12.8. The number of hydrogen-bond acceptors (Lipinski definition) is 6. The van der Waals surface area contributed by atoms with Gasteiger partial charge in [0, 0.05) is 5.69 Å². The van der Waals surface area contributed by atoms with Crippen LogP contribution in [0.5, 0.6) is 0 Å². The molecule has 0 unspecified atom stereocenters. The Morgan fingerprint density at radius 1 is 1.03 bits per heavy atom. The van der Waals surface area contributed by atoms with Crippen LogP contribution >= 0.6 is 0 Å². The van der Waals surface area contributed by atoms with Gasteiger partial charge in [0.05, 0.1) is 23.7 Å². The summed E-state index contributed by atoms with van der Waals surface area (Å²) in [6.45, 7) is 1.37. The molecule has 11 heteroatoms. The van der Waals surface area contributed by atoms with Crippen molar-refractivity contribution in [3.63, 3.8) is 0 Å². The van der Waals surface area contributed by atoms with E-state index < -0.39 is 32.3 Å². The first-order chi connectivity index (χ1) is 13.6. The van der Waals surface area contributed by atoms with Crippen LogP contribution in [0.2, 0.25) is 0 Å². The van der Waals surface area contributed by atoms with E-state index in [9.17, 15) is 26.8 Å². The summed E-state index contributed by atoms with van der Waals surface area (Å²) in [4.78, 5) is 29.1. The van der Waals surface area contributed by atoms with Gasteiger partial charge in [-0.25, -0.2) is 13.4 Å². The summed E-state index contributed by atoms with van der Waals surface area (Å²) in [6, 6.07) is 10.0. The van der Waals surface area contributed by atoms with Crippen molar-refractivity contribution in [2.24, 2.45) is 0 Å². The number of anilines is 2. The van der Waals surface area contributed by atoms with E-state index in [0.717, 1.165) is 11.8 Å². The summed E-state index contributed by atoms with van der Waals surface area (Å²) >= 11 is 0. The summed E-state index contributed by atoms with van der Waals surface area (Å²) in [7, 11) is -3.37. The van der Waals surface area contributed by atoms with E-state index in [1.165, 1.54) is 30.1 Å². The molecule has 0 aliphatic carbocycles. The number of aromatic nitrogens is 1. The smallest absolute Gasteiger partial charge is 0.324 e. The number of carbonyl (C=O) groups is 2. The van der Waals surface area contributed by atoms with Crippen molar-refractivity contribution in [1.29, 1.82) is 0 Å². The largest absolute Gasteiger partial charge is 0.341 e. The van der Waals surface area contributed by atoms with E-state index in [-0.39, 0.29) is 18.8 Å². The number of para-hydroxylation sites is 1. The predicted molar refractivity (Wildman–Crippen MR) is 103 cm³/mol. The SMILES string of the molecule is Cc1cccc(NC(=O)CN(C)CC(=O)Nc2ccccc2S(=O)(=O)C(F)F)n1. The molecule has 1 heterocycles. The van der Waals surface area contributed by atoms with E-state index in [2.05, 4.69) is 15.6 Å². The molecule has 8 nitrogen and oxygen atoms in total. The van der Waals surface area contributed by atoms with Crippen LogP contribution in [-0.2, 0) is 19.4 Å². The highest BCUT2D eigenvalue weighted by molar-refractivity contribution is 7.91. The quantitative estimate of drug-likeness (QED) is 0.667. The fourth-order valence-electron chi connectivity index (χ4n) is 2.44. The molecule has 2 aromatic rings. The highest BCUT2D eigenvalue weighted by atomic mass is 32.2. The van der Waals surface area contributed by atoms with Crippen molar-refractivity contribution in [3.05, 3.63) is 48.2 Å². The minimum absolute atomic E-state index is 0.139. The standard InChI is InChI=1S/C18H20F2N4O4S/c1-12-6-5-9-15(21-12)23-17(26)11-24(2)10-16(25)22-13-7-3-4-8-14(13)29(27,28)18(19)20/h3-9,18H,10-11H2,1-2H3,(H,22,25)(H,21,23,26). The monoisotopic (exact) mass is 426 g/mol. The summed E-state index contributed by atoms with van der Waals surface area (Å²) < 4.78 is 49.1. The molecule has 0 fully saturated rings. The fraction of sp³-hybridized carbons (Fsp3) is 0.278. The van der Waals surface area contributed by atoms with Crippen LogP contribution in [0.4, 0.5) is 20.3 Å². The summed E-state index contributed by atoms with van der Waals surface area (Å²) in [6.07, 6.45) is 0. The van der Waals surface area contributed by atoms with E-state index in [1.54, 1.807) is 25.1 Å². The number of sulfone groups is 1. The molecule has 0 saturated heterocycles. The average Bonchev–Trinajstić information content (AvgIpc) is 2.61. The zero-order valence-electron chi connectivity index (χ0n) is 15.7. The molecule has 2 amide bonds. The molecular weight excluding hydrogens is 406 g/mol. The van der Waals surface area contributed by atoms with E-state index >= 15 is 0 Å². The van der Waals surface area contributed by atoms with Crippen molar-refractivity contribution in [3.8, 4) is 0 Å². The maximum Gasteiger partial charge on any atom is 0.341 e. The lowest BCUT2D eigenvalue weighted by atomic mass is 10.3. The molecule has 0 aliphatic rings. The van der Waals surface area contributed by atoms with Crippen LogP contribution in [0.15, 0.2) is 47.4 Å². The van der Waals surface area contributed by atoms with Crippen LogP contribution < -0.4 is 10.6 Å². The van der Waals surface area contributed by atoms with Crippen LogP contribution in [0.25, 0.3) is 0 Å². The topological polar surface area (TPSA) is 108 Å². The Kier molecular flexibility index (Phi) is 7.35. The first kappa shape index (κ1) is 22.4. The molecule has 2 N–H and O–H groups in total. The van der Waals surface area contributed by atoms with Gasteiger partial charge in [0.1, 0.15) is 5.82 Å². The zero-order valence-corrected chi connectivity index (χ0v) is 16.5. The molecule has 29 heavy (non-hydrogen) atoms. The minimum atomic E-state index is -4.87. The number of nitrogens with zero attached hydrogens (tertiary/aromatic N) is 2. The Hall–Kier alpha value is -2.92. The van der Waals surface area contributed by atoms with E-state index in [0.29, 0.717) is 5.82 Å². The predicted octanol–water partition coefficient (Wildman–Crippen LogP) is 1.90. The number of likely N-dealkylation sites (N-methyl/N-ethyl adjacent to an activating group) is 1. The summed E-state index contributed by atoms with van der Waals surface area (Å²) in [5.74, 6) is -4.30. The summed E-state index contributed by atoms with van der Waals surface area (Å²) in [5, 5.41) is 4.89. The number of pyridine rings is 1. The van der Waals surface area contributed by atoms with Crippen LogP contribution in [0.3, 0.4) is 0 Å². The number of nitrogens with one attached hydrogen (secondary N) is 2. The normalized spacial score (nSPS) is 11.5. The van der Waals surface area contributed by atoms with Crippen molar-refractivity contribution in [1.82, 2.24) is 9.88 Å². The Labute approximate surface area is 166 Å². The third-order valence-corrected chi connectivity index (χ3v) is 5.12. The first-order valence-electron chi connectivity index (χ1n) is 8.42. The Balaban J connectivity index is 1.96. The number of benzene rings is 1. The Morgan fingerprint density at radius 3 is 2.28 bits per heavy atom. The molecule has 0 atom stereocenters. The van der Waals surface area contributed by atoms with Gasteiger partial charge in [-0.15, -0.1) is 0 Å². The number of rotatable bonds is 8. The van der Waals surface area contributed by atoms with Gasteiger partial charge in [0.25, 0.3) is 0 Å². The number of alkyl halides is 2. The number of halogens is 2. The van der Waals surface area contributed by atoms with Gasteiger partial charge in [-0.1, -0.05) is 18.2 Å². The molecule has 2 rings (SSSR count). The van der Waals surface area contributed by atoms with Gasteiger partial charge in [-0.2, -0.15) is 8.78 Å². The number of carbonyl (C=O) groups excluding carboxylic acids is 2. The number of hydrogen-bond donors (Lipinski definition) is 2. The van der Waals surface area contributed by atoms with Gasteiger partial charge in [0.2, 0.25) is 21.7 Å². The van der Waals surface area contributed by atoms with E-state index in [1.807, 2.05) is 0 Å². The minimum Gasteiger partial charge on any atom is -0.324 e. The second-order valence-electron chi connectivity index (χ2n) is 6.23. The maximum absolute atomic E-state index is 12.8. The van der Waals surface area contributed by atoms with Gasteiger partial charge in [-0.3, -0.25) is 14.5 Å². The van der Waals surface area contributed by atoms with Crippen molar-refractivity contribution in [2.75, 3.05) is 30.8 Å². The lowest BCUT2D eigenvalue weighted by Crippen LogP contribution is -2.36. The van der Waals surface area contributed by atoms with Gasteiger partial charge in [-0.05, 0) is 38.2 Å². The third-order valence-electron chi connectivity index (χ3n) is 3.69. The Bertz CT molecular complexity index is 999. The molecule has 1 aromatic carbocycles. The van der Waals surface area contributed by atoms with Crippen molar-refractivity contribution < 1.29 is 26.8 Å².